The van der Waals surface area contributed by atoms with E-state index in [0.717, 1.165) is 25.0 Å². The molecule has 3 nitrogen and oxygen atoms in total. The molecule has 1 aliphatic heterocycles. The lowest BCUT2D eigenvalue weighted by Gasteiger charge is -2.14. The summed E-state index contributed by atoms with van der Waals surface area (Å²) >= 11 is 12.1. The van der Waals surface area contributed by atoms with Gasteiger partial charge in [0.05, 0.1) is 12.8 Å². The lowest BCUT2D eigenvalue weighted by Crippen LogP contribution is -2.28. The van der Waals surface area contributed by atoms with E-state index in [0.29, 0.717) is 6.54 Å². The highest BCUT2D eigenvalue weighted by Gasteiger charge is 2.38. The first-order valence-corrected chi connectivity index (χ1v) is 5.13. The van der Waals surface area contributed by atoms with E-state index in [2.05, 4.69) is 12.0 Å². The molecule has 0 aromatic heterocycles. The van der Waals surface area contributed by atoms with Gasteiger partial charge in [0.2, 0.25) is 0 Å². The smallest absolute Gasteiger partial charge is 0.179 e. The molecule has 0 saturated heterocycles. The second-order valence-electron chi connectivity index (χ2n) is 3.05. The quantitative estimate of drug-likeness (QED) is 0.687. The van der Waals surface area contributed by atoms with Gasteiger partial charge in [0.1, 0.15) is 6.54 Å². The summed E-state index contributed by atoms with van der Waals surface area (Å²) in [5.74, 6) is 0. The van der Waals surface area contributed by atoms with Crippen LogP contribution in [-0.2, 0) is 4.84 Å². The summed E-state index contributed by atoms with van der Waals surface area (Å²) in [7, 11) is 1.55. The summed E-state index contributed by atoms with van der Waals surface area (Å²) in [6.45, 7) is 2.53. The predicted molar refractivity (Wildman–Crippen MR) is 55.1 cm³/mol. The maximum absolute atomic E-state index is 6.06. The minimum absolute atomic E-state index is 0.408. The summed E-state index contributed by atoms with van der Waals surface area (Å²) in [5, 5.41) is 5.58. The van der Waals surface area contributed by atoms with Gasteiger partial charge < -0.3 is 0 Å². The summed E-state index contributed by atoms with van der Waals surface area (Å²) in [6, 6.07) is 0. The van der Waals surface area contributed by atoms with Crippen LogP contribution in [0, 0.1) is 0 Å². The topological polar surface area (TPSA) is 24.8 Å². The van der Waals surface area contributed by atoms with Crippen LogP contribution in [0.25, 0.3) is 0 Å². The first-order valence-electron chi connectivity index (χ1n) is 4.37. The van der Waals surface area contributed by atoms with Crippen LogP contribution in [0.5, 0.6) is 0 Å². The van der Waals surface area contributed by atoms with Crippen LogP contribution in [0.3, 0.4) is 0 Å². The molecule has 0 atom stereocenters. The summed E-state index contributed by atoms with van der Waals surface area (Å²) in [5.41, 5.74) is 0.805. The van der Waals surface area contributed by atoms with E-state index in [-0.39, 0.29) is 0 Å². The zero-order valence-corrected chi connectivity index (χ0v) is 9.40. The molecule has 13 heavy (non-hydrogen) atoms. The van der Waals surface area contributed by atoms with Gasteiger partial charge in [-0.05, 0) is 12.8 Å². The van der Waals surface area contributed by atoms with E-state index in [1.807, 2.05) is 0 Å². The van der Waals surface area contributed by atoms with E-state index in [9.17, 15) is 0 Å². The molecule has 0 aromatic rings. The number of unbranched alkanes of at least 4 members (excludes halogenated alkanes) is 1. The monoisotopic (exact) mass is 224 g/mol. The van der Waals surface area contributed by atoms with Gasteiger partial charge in [0, 0.05) is 0 Å². The Morgan fingerprint density at radius 3 is 2.77 bits per heavy atom. The fraction of sp³-hybridized carbons (Fsp3) is 0.875. The van der Waals surface area contributed by atoms with Crippen molar-refractivity contribution in [2.75, 3.05) is 13.7 Å². The van der Waals surface area contributed by atoms with Crippen molar-refractivity contribution < 1.29 is 4.84 Å². The van der Waals surface area contributed by atoms with E-state index in [1.54, 1.807) is 7.11 Å². The Bertz CT molecular complexity index is 206. The summed E-state index contributed by atoms with van der Waals surface area (Å²) in [4.78, 5) is 4.93. The Morgan fingerprint density at radius 1 is 1.62 bits per heavy atom. The second kappa shape index (κ2) is 4.49. The third-order valence-electron chi connectivity index (χ3n) is 1.97. The van der Waals surface area contributed by atoms with Crippen molar-refractivity contribution >= 4 is 28.9 Å². The number of hydrazone groups is 1. The van der Waals surface area contributed by atoms with Crippen LogP contribution in [0.4, 0.5) is 0 Å². The maximum Gasteiger partial charge on any atom is 0.179 e. The molecule has 0 fully saturated rings. The van der Waals surface area contributed by atoms with Crippen molar-refractivity contribution in [1.29, 1.82) is 0 Å². The summed E-state index contributed by atoms with van der Waals surface area (Å²) in [6.07, 6.45) is 3.00. The summed E-state index contributed by atoms with van der Waals surface area (Å²) < 4.78 is -0.870. The van der Waals surface area contributed by atoms with Crippen molar-refractivity contribution in [2.24, 2.45) is 5.10 Å². The van der Waals surface area contributed by atoms with E-state index >= 15 is 0 Å². The fourth-order valence-electron chi connectivity index (χ4n) is 1.19. The average molecular weight is 225 g/mol. The lowest BCUT2D eigenvalue weighted by atomic mass is 10.1. The second-order valence-corrected chi connectivity index (χ2v) is 4.53. The molecule has 0 radical (unpaired) electrons. The van der Waals surface area contributed by atoms with Crippen molar-refractivity contribution in [1.82, 2.24) is 5.17 Å². The zero-order chi connectivity index (χ0) is 9.90. The zero-order valence-electron chi connectivity index (χ0n) is 7.89. The molecule has 0 spiro atoms. The maximum atomic E-state index is 6.06. The Hall–Kier alpha value is 0.01000. The molecule has 0 amide bonds. The molecule has 5 heteroatoms. The third kappa shape index (κ3) is 2.73. The molecule has 0 saturated carbocycles. The van der Waals surface area contributed by atoms with Crippen molar-refractivity contribution in [3.63, 3.8) is 0 Å². The van der Waals surface area contributed by atoms with Gasteiger partial charge in [-0.15, -0.1) is 0 Å². The molecule has 1 heterocycles. The molecule has 0 N–H and O–H groups in total. The van der Waals surface area contributed by atoms with Gasteiger partial charge in [-0.2, -0.15) is 10.3 Å². The molecule has 0 bridgehead atoms. The van der Waals surface area contributed by atoms with Gasteiger partial charge in [-0.3, -0.25) is 4.84 Å². The van der Waals surface area contributed by atoms with Crippen LogP contribution in [0.1, 0.15) is 26.2 Å². The number of halogens is 2. The largest absolute Gasteiger partial charge is 0.260 e. The number of nitrogens with zero attached hydrogens (tertiary/aromatic N) is 2. The van der Waals surface area contributed by atoms with E-state index < -0.39 is 4.33 Å². The average Bonchev–Trinajstić information content (AvgIpc) is 2.37. The minimum Gasteiger partial charge on any atom is -0.260 e. The van der Waals surface area contributed by atoms with Gasteiger partial charge in [0.15, 0.2) is 4.33 Å². The number of hydrogen-bond acceptors (Lipinski definition) is 3. The van der Waals surface area contributed by atoms with Crippen molar-refractivity contribution in [2.45, 2.75) is 30.5 Å². The van der Waals surface area contributed by atoms with Crippen LogP contribution >= 0.6 is 23.2 Å². The van der Waals surface area contributed by atoms with Gasteiger partial charge >= 0.3 is 0 Å². The SMILES string of the molecule is CCCCC1=NN(OC)CC1(Cl)Cl. The van der Waals surface area contributed by atoms with Gasteiger partial charge in [0.25, 0.3) is 0 Å². The minimum atomic E-state index is -0.870. The highest BCUT2D eigenvalue weighted by Crippen LogP contribution is 2.32. The van der Waals surface area contributed by atoms with E-state index in [4.69, 9.17) is 28.0 Å². The predicted octanol–water partition coefficient (Wildman–Crippen LogP) is 2.58. The van der Waals surface area contributed by atoms with Crippen molar-refractivity contribution in [3.8, 4) is 0 Å². The van der Waals surface area contributed by atoms with Crippen molar-refractivity contribution in [3.05, 3.63) is 0 Å². The molecular formula is C8H14Cl2N2O. The highest BCUT2D eigenvalue weighted by molar-refractivity contribution is 6.59. The van der Waals surface area contributed by atoms with E-state index in [1.165, 1.54) is 5.17 Å². The highest BCUT2D eigenvalue weighted by atomic mass is 35.5. The first kappa shape index (κ1) is 11.1. The number of alkyl halides is 2. The van der Waals surface area contributed by atoms with Crippen LogP contribution in [-0.4, -0.2) is 28.9 Å². The molecule has 1 aliphatic rings. The number of hydrogen-bond donors (Lipinski definition) is 0. The molecule has 0 unspecified atom stereocenters. The number of hydroxylamine groups is 1. The number of rotatable bonds is 4. The molecular weight excluding hydrogens is 211 g/mol. The third-order valence-corrected chi connectivity index (χ3v) is 2.64. The lowest BCUT2D eigenvalue weighted by molar-refractivity contribution is -0.122. The Morgan fingerprint density at radius 2 is 2.31 bits per heavy atom. The fourth-order valence-corrected chi connectivity index (χ4v) is 1.66. The Labute approximate surface area is 88.6 Å². The van der Waals surface area contributed by atoms with Gasteiger partial charge in [-0.1, -0.05) is 36.5 Å². The molecule has 76 valence electrons. The van der Waals surface area contributed by atoms with Crippen LogP contribution < -0.4 is 0 Å². The molecule has 0 aromatic carbocycles. The molecule has 1 rings (SSSR count). The standard InChI is InChI=1S/C8H14Cl2N2O/c1-3-4-5-7-8(9,10)6-12(11-7)13-2/h3-6H2,1-2H3. The Balaban J connectivity index is 2.57. The molecule has 0 aliphatic carbocycles. The Kier molecular flexibility index (Phi) is 3.83. The normalized spacial score (nSPS) is 20.6. The van der Waals surface area contributed by atoms with Crippen LogP contribution in [0.15, 0.2) is 5.10 Å². The van der Waals surface area contributed by atoms with Gasteiger partial charge in [-0.25, -0.2) is 0 Å². The van der Waals surface area contributed by atoms with Crippen LogP contribution in [0.2, 0.25) is 0 Å². The first-order chi connectivity index (χ1) is 6.10.